The van der Waals surface area contributed by atoms with E-state index in [9.17, 15) is 9.59 Å². The number of ketones is 1. The molecule has 102 valence electrons. The van der Waals surface area contributed by atoms with Crippen LogP contribution in [0, 0.1) is 0 Å². The largest absolute Gasteiger partial charge is 0.469 e. The van der Waals surface area contributed by atoms with Crippen LogP contribution in [0.4, 0.5) is 0 Å². The van der Waals surface area contributed by atoms with Gasteiger partial charge in [0.05, 0.1) is 6.42 Å². The Bertz CT molecular complexity index is 482. The standard InChI is InChI=1S/C13H13NO3.C2H6/c1-4-6-9-10(5-2)14-12(16)13(9)7-11(15)8(3)17-13;1-2/h4-6H,1,3,7H2,2H3,(H,14,16);1-2H3/b9-6+,10-5+;. The predicted octanol–water partition coefficient (Wildman–Crippen LogP) is 2.40. The second kappa shape index (κ2) is 5.69. The van der Waals surface area contributed by atoms with Gasteiger partial charge in [-0.2, -0.15) is 0 Å². The van der Waals surface area contributed by atoms with Crippen molar-refractivity contribution in [3.63, 3.8) is 0 Å². The van der Waals surface area contributed by atoms with E-state index < -0.39 is 5.60 Å². The van der Waals surface area contributed by atoms with Crippen molar-refractivity contribution in [2.75, 3.05) is 0 Å². The lowest BCUT2D eigenvalue weighted by Gasteiger charge is -2.20. The fraction of sp³-hybridized carbons (Fsp3) is 0.333. The monoisotopic (exact) mass is 261 g/mol. The molecular formula is C15H19NO3. The van der Waals surface area contributed by atoms with Crippen LogP contribution in [0.2, 0.25) is 0 Å². The van der Waals surface area contributed by atoms with Gasteiger partial charge in [0.2, 0.25) is 11.4 Å². The summed E-state index contributed by atoms with van der Waals surface area (Å²) in [6, 6.07) is 0. The highest BCUT2D eigenvalue weighted by molar-refractivity contribution is 6.07. The lowest BCUT2D eigenvalue weighted by atomic mass is 9.90. The number of hydrogen-bond donors (Lipinski definition) is 1. The molecule has 0 aliphatic carbocycles. The van der Waals surface area contributed by atoms with Gasteiger partial charge in [0.15, 0.2) is 5.76 Å². The Kier molecular flexibility index (Phi) is 4.48. The Balaban J connectivity index is 0.000000861. The van der Waals surface area contributed by atoms with Crippen molar-refractivity contribution in [1.82, 2.24) is 5.32 Å². The molecule has 2 aliphatic heterocycles. The van der Waals surface area contributed by atoms with Gasteiger partial charge in [-0.15, -0.1) is 0 Å². The van der Waals surface area contributed by atoms with E-state index in [4.69, 9.17) is 4.74 Å². The van der Waals surface area contributed by atoms with Gasteiger partial charge in [0.25, 0.3) is 5.91 Å². The third kappa shape index (κ3) is 2.26. The molecule has 1 atom stereocenters. The fourth-order valence-corrected chi connectivity index (χ4v) is 2.11. The normalized spacial score (nSPS) is 29.3. The zero-order valence-corrected chi connectivity index (χ0v) is 11.6. The van der Waals surface area contributed by atoms with E-state index in [1.54, 1.807) is 25.2 Å². The summed E-state index contributed by atoms with van der Waals surface area (Å²) in [5, 5.41) is 2.70. The van der Waals surface area contributed by atoms with E-state index in [-0.39, 0.29) is 23.9 Å². The van der Waals surface area contributed by atoms with Crippen molar-refractivity contribution in [2.24, 2.45) is 0 Å². The van der Waals surface area contributed by atoms with Crippen molar-refractivity contribution >= 4 is 11.7 Å². The fourth-order valence-electron chi connectivity index (χ4n) is 2.11. The van der Waals surface area contributed by atoms with Gasteiger partial charge in [-0.3, -0.25) is 9.59 Å². The molecule has 1 amide bonds. The molecule has 2 aliphatic rings. The first-order chi connectivity index (χ1) is 9.05. The second-order valence-corrected chi connectivity index (χ2v) is 3.92. The van der Waals surface area contributed by atoms with Gasteiger partial charge in [-0.1, -0.05) is 45.2 Å². The number of hydrogen-bond acceptors (Lipinski definition) is 3. The molecule has 0 saturated carbocycles. The molecule has 0 aromatic carbocycles. The highest BCUT2D eigenvalue weighted by Gasteiger charge is 2.57. The molecule has 2 fully saturated rings. The maximum Gasteiger partial charge on any atom is 0.273 e. The number of nitrogens with one attached hydrogen (secondary N) is 1. The van der Waals surface area contributed by atoms with Crippen LogP contribution in [-0.4, -0.2) is 17.3 Å². The Morgan fingerprint density at radius 2 is 2.00 bits per heavy atom. The van der Waals surface area contributed by atoms with Gasteiger partial charge in [0, 0.05) is 11.3 Å². The summed E-state index contributed by atoms with van der Waals surface area (Å²) in [5.74, 6) is -0.536. The molecular weight excluding hydrogens is 242 g/mol. The quantitative estimate of drug-likeness (QED) is 0.737. The Morgan fingerprint density at radius 1 is 1.37 bits per heavy atom. The number of amides is 1. The van der Waals surface area contributed by atoms with E-state index in [0.717, 1.165) is 0 Å². The van der Waals surface area contributed by atoms with Crippen LogP contribution in [0.5, 0.6) is 0 Å². The van der Waals surface area contributed by atoms with Crippen molar-refractivity contribution < 1.29 is 14.3 Å². The Labute approximate surface area is 113 Å². The summed E-state index contributed by atoms with van der Waals surface area (Å²) in [5.41, 5.74) is 0.0360. The van der Waals surface area contributed by atoms with Crippen LogP contribution >= 0.6 is 0 Å². The average molecular weight is 261 g/mol. The first-order valence-corrected chi connectivity index (χ1v) is 6.27. The van der Waals surface area contributed by atoms with Crippen LogP contribution < -0.4 is 5.32 Å². The van der Waals surface area contributed by atoms with Crippen LogP contribution in [0.3, 0.4) is 0 Å². The lowest BCUT2D eigenvalue weighted by molar-refractivity contribution is -0.132. The summed E-state index contributed by atoms with van der Waals surface area (Å²) in [7, 11) is 0. The minimum absolute atomic E-state index is 0.00528. The average Bonchev–Trinajstić information content (AvgIpc) is 2.84. The third-order valence-electron chi connectivity index (χ3n) is 2.93. The van der Waals surface area contributed by atoms with Gasteiger partial charge in [-0.05, 0) is 6.92 Å². The number of rotatable bonds is 1. The molecule has 4 heteroatoms. The minimum atomic E-state index is -1.25. The second-order valence-electron chi connectivity index (χ2n) is 3.92. The maximum absolute atomic E-state index is 12.0. The zero-order chi connectivity index (χ0) is 14.6. The highest BCUT2D eigenvalue weighted by Crippen LogP contribution is 2.42. The Hall–Kier alpha value is -2.10. The van der Waals surface area contributed by atoms with Crippen molar-refractivity contribution in [3.05, 3.63) is 48.4 Å². The van der Waals surface area contributed by atoms with Gasteiger partial charge in [-0.25, -0.2) is 0 Å². The number of allylic oxidation sites excluding steroid dienone is 4. The molecule has 4 nitrogen and oxygen atoms in total. The van der Waals surface area contributed by atoms with Crippen LogP contribution in [0.15, 0.2) is 48.4 Å². The maximum atomic E-state index is 12.0. The van der Waals surface area contributed by atoms with E-state index in [1.807, 2.05) is 13.8 Å². The molecule has 2 saturated heterocycles. The van der Waals surface area contributed by atoms with E-state index in [1.165, 1.54) is 0 Å². The van der Waals surface area contributed by atoms with E-state index in [2.05, 4.69) is 18.5 Å². The molecule has 2 rings (SSSR count). The third-order valence-corrected chi connectivity index (χ3v) is 2.93. The van der Waals surface area contributed by atoms with Crippen LogP contribution in [-0.2, 0) is 14.3 Å². The molecule has 1 N–H and O–H groups in total. The van der Waals surface area contributed by atoms with Crippen molar-refractivity contribution in [3.8, 4) is 0 Å². The molecule has 1 unspecified atom stereocenters. The Morgan fingerprint density at radius 3 is 2.42 bits per heavy atom. The summed E-state index contributed by atoms with van der Waals surface area (Å²) in [6.45, 7) is 12.9. The van der Waals surface area contributed by atoms with Gasteiger partial charge >= 0.3 is 0 Å². The minimum Gasteiger partial charge on any atom is -0.469 e. The summed E-state index contributed by atoms with van der Waals surface area (Å²) >= 11 is 0. The molecule has 0 aromatic heterocycles. The van der Waals surface area contributed by atoms with Crippen molar-refractivity contribution in [1.29, 1.82) is 0 Å². The number of ether oxygens (including phenoxy) is 1. The SMILES string of the molecule is C=C/C=C1\C(=C/C)NC(=O)C12CC(=O)C(=C)O2.CC. The molecule has 2 heterocycles. The molecule has 19 heavy (non-hydrogen) atoms. The number of carbonyl (C=O) groups excluding carboxylic acids is 2. The molecule has 1 spiro atoms. The lowest BCUT2D eigenvalue weighted by Crippen LogP contribution is -2.38. The summed E-state index contributed by atoms with van der Waals surface area (Å²) in [4.78, 5) is 23.5. The van der Waals surface area contributed by atoms with E-state index >= 15 is 0 Å². The van der Waals surface area contributed by atoms with Gasteiger partial charge in [0.1, 0.15) is 0 Å². The zero-order valence-electron chi connectivity index (χ0n) is 11.6. The predicted molar refractivity (Wildman–Crippen MR) is 74.1 cm³/mol. The van der Waals surface area contributed by atoms with Gasteiger partial charge < -0.3 is 10.1 Å². The molecule has 0 aromatic rings. The van der Waals surface area contributed by atoms with Crippen LogP contribution in [0.25, 0.3) is 0 Å². The van der Waals surface area contributed by atoms with Crippen LogP contribution in [0.1, 0.15) is 27.2 Å². The first kappa shape index (κ1) is 15.0. The highest BCUT2D eigenvalue weighted by atomic mass is 16.5. The smallest absolute Gasteiger partial charge is 0.273 e. The van der Waals surface area contributed by atoms with Crippen molar-refractivity contribution in [2.45, 2.75) is 32.8 Å². The summed E-state index contributed by atoms with van der Waals surface area (Å²) in [6.07, 6.45) is 5.00. The summed E-state index contributed by atoms with van der Waals surface area (Å²) < 4.78 is 5.42. The first-order valence-electron chi connectivity index (χ1n) is 6.27. The number of Topliss-reactive ketones (excluding diaryl/α,β-unsaturated/α-hetero) is 1. The number of carbonyl (C=O) groups is 2. The van der Waals surface area contributed by atoms with E-state index in [0.29, 0.717) is 11.3 Å². The molecule has 0 bridgehead atoms. The molecule has 0 radical (unpaired) electrons. The topological polar surface area (TPSA) is 55.4 Å².